The number of benzene rings is 1. The Balaban J connectivity index is 1.54. The second kappa shape index (κ2) is 7.34. The predicted octanol–water partition coefficient (Wildman–Crippen LogP) is 4.32. The molecule has 3 rings (SSSR count). The quantitative estimate of drug-likeness (QED) is 0.479. The summed E-state index contributed by atoms with van der Waals surface area (Å²) in [5.41, 5.74) is 0.905. The second-order valence-electron chi connectivity index (χ2n) is 4.48. The Morgan fingerprint density at radius 1 is 1.30 bits per heavy atom. The summed E-state index contributed by atoms with van der Waals surface area (Å²) in [6, 6.07) is 11.4. The van der Waals surface area contributed by atoms with Crippen LogP contribution in [0.25, 0.3) is 16.8 Å². The van der Waals surface area contributed by atoms with Gasteiger partial charge in [-0.05, 0) is 35.2 Å². The zero-order valence-corrected chi connectivity index (χ0v) is 14.2. The van der Waals surface area contributed by atoms with Crippen molar-refractivity contribution in [1.82, 2.24) is 10.1 Å². The molecule has 0 amide bonds. The van der Waals surface area contributed by atoms with Crippen molar-refractivity contribution in [2.75, 3.05) is 0 Å². The van der Waals surface area contributed by atoms with Crippen molar-refractivity contribution in [2.24, 2.45) is 0 Å². The monoisotopic (exact) mass is 390 g/mol. The molecular formula is C16H11BrN2O3S. The fraction of sp³-hybridized carbons (Fsp3) is 0.0625. The van der Waals surface area contributed by atoms with Crippen LogP contribution in [0.5, 0.6) is 0 Å². The van der Waals surface area contributed by atoms with Gasteiger partial charge in [0.2, 0.25) is 5.82 Å². The Hall–Kier alpha value is -2.25. The van der Waals surface area contributed by atoms with Crippen LogP contribution in [-0.4, -0.2) is 16.1 Å². The summed E-state index contributed by atoms with van der Waals surface area (Å²) in [4.78, 5) is 16.8. The van der Waals surface area contributed by atoms with Crippen molar-refractivity contribution >= 4 is 39.3 Å². The van der Waals surface area contributed by atoms with E-state index in [1.54, 1.807) is 6.08 Å². The van der Waals surface area contributed by atoms with Crippen LogP contribution in [0.2, 0.25) is 0 Å². The number of thiophene rings is 1. The van der Waals surface area contributed by atoms with Crippen LogP contribution in [0.4, 0.5) is 0 Å². The molecule has 0 aliphatic carbocycles. The fourth-order valence-corrected chi connectivity index (χ4v) is 2.65. The number of esters is 1. The SMILES string of the molecule is O=C(/C=C/c1ccc(Br)cc1)OCc1nc(-c2cccs2)no1. The Bertz CT molecular complexity index is 810. The number of halogens is 1. The highest BCUT2D eigenvalue weighted by Crippen LogP contribution is 2.21. The third-order valence-electron chi connectivity index (χ3n) is 2.83. The fourth-order valence-electron chi connectivity index (χ4n) is 1.74. The minimum absolute atomic E-state index is 0.0537. The van der Waals surface area contributed by atoms with Crippen LogP contribution in [0.1, 0.15) is 11.5 Å². The molecule has 2 heterocycles. The van der Waals surface area contributed by atoms with Gasteiger partial charge in [0.05, 0.1) is 4.88 Å². The predicted molar refractivity (Wildman–Crippen MR) is 90.6 cm³/mol. The molecule has 3 aromatic rings. The van der Waals surface area contributed by atoms with Gasteiger partial charge in [-0.3, -0.25) is 0 Å². The van der Waals surface area contributed by atoms with E-state index in [9.17, 15) is 4.79 Å². The number of hydrogen-bond donors (Lipinski definition) is 0. The minimum Gasteiger partial charge on any atom is -0.452 e. The van der Waals surface area contributed by atoms with Crippen LogP contribution in [0.15, 0.2) is 56.9 Å². The van der Waals surface area contributed by atoms with Crippen molar-refractivity contribution in [3.63, 3.8) is 0 Å². The zero-order valence-electron chi connectivity index (χ0n) is 11.8. The highest BCUT2D eigenvalue weighted by molar-refractivity contribution is 9.10. The number of carbonyl (C=O) groups is 1. The maximum atomic E-state index is 11.7. The summed E-state index contributed by atoms with van der Waals surface area (Å²) in [6.07, 6.45) is 3.04. The molecule has 0 aliphatic rings. The van der Waals surface area contributed by atoms with Gasteiger partial charge in [-0.2, -0.15) is 4.98 Å². The Morgan fingerprint density at radius 3 is 2.87 bits per heavy atom. The van der Waals surface area contributed by atoms with Crippen molar-refractivity contribution < 1.29 is 14.1 Å². The van der Waals surface area contributed by atoms with Crippen LogP contribution < -0.4 is 0 Å². The van der Waals surface area contributed by atoms with Gasteiger partial charge < -0.3 is 9.26 Å². The molecule has 0 aliphatic heterocycles. The van der Waals surface area contributed by atoms with Crippen molar-refractivity contribution in [3.8, 4) is 10.7 Å². The summed E-state index contributed by atoms with van der Waals surface area (Å²) in [6.45, 7) is -0.0537. The van der Waals surface area contributed by atoms with E-state index in [1.165, 1.54) is 17.4 Å². The van der Waals surface area contributed by atoms with Gasteiger partial charge in [0.25, 0.3) is 5.89 Å². The first-order valence-corrected chi connectivity index (χ1v) is 8.35. The average Bonchev–Trinajstić information content (AvgIpc) is 3.23. The summed E-state index contributed by atoms with van der Waals surface area (Å²) in [5.74, 6) is 0.291. The minimum atomic E-state index is -0.469. The van der Waals surface area contributed by atoms with Gasteiger partial charge in [-0.1, -0.05) is 39.3 Å². The first kappa shape index (κ1) is 15.6. The average molecular weight is 391 g/mol. The number of hydrogen-bond acceptors (Lipinski definition) is 6. The van der Waals surface area contributed by atoms with Gasteiger partial charge in [0.1, 0.15) is 0 Å². The standard InChI is InChI=1S/C16H11BrN2O3S/c17-12-6-3-11(4-7-12)5-8-15(20)21-10-14-18-16(19-22-14)13-2-1-9-23-13/h1-9H,10H2/b8-5+. The van der Waals surface area contributed by atoms with E-state index in [2.05, 4.69) is 26.1 Å². The van der Waals surface area contributed by atoms with E-state index >= 15 is 0 Å². The lowest BCUT2D eigenvalue weighted by Gasteiger charge is -1.97. The third-order valence-corrected chi connectivity index (χ3v) is 4.22. The maximum absolute atomic E-state index is 11.7. The molecule has 0 fully saturated rings. The zero-order chi connectivity index (χ0) is 16.1. The van der Waals surface area contributed by atoms with E-state index in [0.29, 0.717) is 5.82 Å². The summed E-state index contributed by atoms with van der Waals surface area (Å²) in [5, 5.41) is 5.78. The van der Waals surface area contributed by atoms with E-state index in [1.807, 2.05) is 41.8 Å². The summed E-state index contributed by atoms with van der Waals surface area (Å²) >= 11 is 4.87. The van der Waals surface area contributed by atoms with Crippen LogP contribution >= 0.6 is 27.3 Å². The van der Waals surface area contributed by atoms with Crippen molar-refractivity contribution in [3.05, 3.63) is 63.8 Å². The van der Waals surface area contributed by atoms with E-state index in [4.69, 9.17) is 9.26 Å². The molecule has 0 bridgehead atoms. The van der Waals surface area contributed by atoms with Crippen molar-refractivity contribution in [1.29, 1.82) is 0 Å². The molecule has 116 valence electrons. The molecule has 5 nitrogen and oxygen atoms in total. The van der Waals surface area contributed by atoms with Crippen LogP contribution in [-0.2, 0) is 16.1 Å². The number of carbonyl (C=O) groups excluding carboxylic acids is 1. The smallest absolute Gasteiger partial charge is 0.331 e. The maximum Gasteiger partial charge on any atom is 0.331 e. The Kier molecular flexibility index (Phi) is 4.99. The molecule has 0 N–H and O–H groups in total. The van der Waals surface area contributed by atoms with Crippen LogP contribution in [0.3, 0.4) is 0 Å². The molecule has 0 spiro atoms. The molecule has 23 heavy (non-hydrogen) atoms. The third kappa shape index (κ3) is 4.37. The van der Waals surface area contributed by atoms with E-state index in [0.717, 1.165) is 14.9 Å². The molecule has 0 atom stereocenters. The lowest BCUT2D eigenvalue weighted by atomic mass is 10.2. The van der Waals surface area contributed by atoms with Gasteiger partial charge in [-0.15, -0.1) is 11.3 Å². The largest absolute Gasteiger partial charge is 0.452 e. The van der Waals surface area contributed by atoms with Gasteiger partial charge in [0, 0.05) is 10.5 Å². The molecule has 7 heteroatoms. The Morgan fingerprint density at radius 2 is 2.13 bits per heavy atom. The van der Waals surface area contributed by atoms with Gasteiger partial charge in [0.15, 0.2) is 6.61 Å². The molecule has 2 aromatic heterocycles. The van der Waals surface area contributed by atoms with E-state index < -0.39 is 5.97 Å². The highest BCUT2D eigenvalue weighted by Gasteiger charge is 2.10. The number of rotatable bonds is 5. The van der Waals surface area contributed by atoms with Gasteiger partial charge in [-0.25, -0.2) is 4.79 Å². The lowest BCUT2D eigenvalue weighted by molar-refractivity contribution is -0.139. The van der Waals surface area contributed by atoms with E-state index in [-0.39, 0.29) is 12.5 Å². The second-order valence-corrected chi connectivity index (χ2v) is 6.34. The van der Waals surface area contributed by atoms with Crippen LogP contribution in [0, 0.1) is 0 Å². The normalized spacial score (nSPS) is 11.0. The first-order chi connectivity index (χ1) is 11.2. The molecule has 0 radical (unpaired) electrons. The lowest BCUT2D eigenvalue weighted by Crippen LogP contribution is -2.00. The molecule has 0 saturated carbocycles. The molecule has 0 unspecified atom stereocenters. The topological polar surface area (TPSA) is 65.2 Å². The first-order valence-electron chi connectivity index (χ1n) is 6.67. The number of aromatic nitrogens is 2. The van der Waals surface area contributed by atoms with Gasteiger partial charge >= 0.3 is 5.97 Å². The molecule has 1 aromatic carbocycles. The molecule has 0 saturated heterocycles. The molecular weight excluding hydrogens is 380 g/mol. The number of ether oxygens (including phenoxy) is 1. The highest BCUT2D eigenvalue weighted by atomic mass is 79.9. The number of nitrogens with zero attached hydrogens (tertiary/aromatic N) is 2. The Labute approximate surface area is 144 Å². The van der Waals surface area contributed by atoms with Crippen molar-refractivity contribution in [2.45, 2.75) is 6.61 Å². The summed E-state index contributed by atoms with van der Waals surface area (Å²) < 4.78 is 11.1. The summed E-state index contributed by atoms with van der Waals surface area (Å²) in [7, 11) is 0.